The fraction of sp³-hybridized carbons (Fsp3) is 0.737. The first-order valence-corrected chi connectivity index (χ1v) is 9.72. The zero-order chi connectivity index (χ0) is 16.9. The van der Waals surface area contributed by atoms with E-state index in [1.807, 2.05) is 6.20 Å². The number of nitrogens with zero attached hydrogens (tertiary/aromatic N) is 2. The summed E-state index contributed by atoms with van der Waals surface area (Å²) in [4.78, 5) is 6.95. The molecule has 3 atom stereocenters. The number of ether oxygens (including phenoxy) is 2. The molecule has 0 aromatic carbocycles. The van der Waals surface area contributed by atoms with Crippen LogP contribution >= 0.6 is 0 Å². The zero-order valence-electron chi connectivity index (χ0n) is 15.0. The van der Waals surface area contributed by atoms with Crippen molar-refractivity contribution in [3.63, 3.8) is 0 Å². The Morgan fingerprint density at radius 1 is 1.16 bits per heavy atom. The minimum absolute atomic E-state index is 0.510. The fourth-order valence-electron chi connectivity index (χ4n) is 4.33. The molecule has 4 rings (SSSR count). The minimum Gasteiger partial charge on any atom is -0.379 e. The molecule has 138 valence electrons. The van der Waals surface area contributed by atoms with E-state index in [1.165, 1.54) is 24.8 Å². The minimum atomic E-state index is 0.510. The topological polar surface area (TPSA) is 58.7 Å². The lowest BCUT2D eigenvalue weighted by molar-refractivity contribution is 0.0524. The van der Waals surface area contributed by atoms with E-state index in [1.54, 1.807) is 0 Å². The fourth-order valence-corrected chi connectivity index (χ4v) is 4.33. The van der Waals surface area contributed by atoms with E-state index in [2.05, 4.69) is 32.7 Å². The average Bonchev–Trinajstić information content (AvgIpc) is 3.17. The molecule has 3 aliphatic rings. The summed E-state index contributed by atoms with van der Waals surface area (Å²) in [5.74, 6) is 1.75. The standard InChI is InChI=1S/C19H30N4O2/c1-2-16(18-14-25-9-6-20-18)17(3-1)21-12-15-4-5-19(22-13-15)23-7-10-24-11-8-23/h4-5,13,16-18,20-21H,1-3,6-12,14H2. The second-order valence-corrected chi connectivity index (χ2v) is 7.34. The van der Waals surface area contributed by atoms with Crippen molar-refractivity contribution in [2.45, 2.75) is 37.9 Å². The largest absolute Gasteiger partial charge is 0.379 e. The van der Waals surface area contributed by atoms with E-state index in [0.717, 1.165) is 58.4 Å². The maximum absolute atomic E-state index is 5.66. The van der Waals surface area contributed by atoms with Gasteiger partial charge in [0.2, 0.25) is 0 Å². The molecule has 2 saturated heterocycles. The van der Waals surface area contributed by atoms with Gasteiger partial charge in [-0.25, -0.2) is 4.98 Å². The highest BCUT2D eigenvalue weighted by Gasteiger charge is 2.34. The van der Waals surface area contributed by atoms with Crippen LogP contribution in [0.1, 0.15) is 24.8 Å². The molecular weight excluding hydrogens is 316 g/mol. The molecule has 1 aromatic heterocycles. The molecule has 2 N–H and O–H groups in total. The quantitative estimate of drug-likeness (QED) is 0.835. The second kappa shape index (κ2) is 8.45. The van der Waals surface area contributed by atoms with Crippen molar-refractivity contribution in [1.29, 1.82) is 0 Å². The first-order valence-electron chi connectivity index (χ1n) is 9.72. The van der Waals surface area contributed by atoms with Crippen molar-refractivity contribution in [2.24, 2.45) is 5.92 Å². The molecule has 1 aliphatic carbocycles. The van der Waals surface area contributed by atoms with Crippen molar-refractivity contribution < 1.29 is 9.47 Å². The third-order valence-electron chi connectivity index (χ3n) is 5.75. The molecule has 0 bridgehead atoms. The van der Waals surface area contributed by atoms with Crippen LogP contribution in [0.3, 0.4) is 0 Å². The molecule has 6 heteroatoms. The van der Waals surface area contributed by atoms with E-state index < -0.39 is 0 Å². The molecule has 0 spiro atoms. The number of hydrogen-bond acceptors (Lipinski definition) is 6. The Kier molecular flexibility index (Phi) is 5.82. The first kappa shape index (κ1) is 17.2. The number of rotatable bonds is 5. The van der Waals surface area contributed by atoms with Crippen LogP contribution in [0.15, 0.2) is 18.3 Å². The van der Waals surface area contributed by atoms with Gasteiger partial charge in [-0.1, -0.05) is 12.5 Å². The first-order chi connectivity index (χ1) is 12.4. The van der Waals surface area contributed by atoms with Gasteiger partial charge in [-0.3, -0.25) is 0 Å². The molecule has 1 saturated carbocycles. The van der Waals surface area contributed by atoms with Gasteiger partial charge in [0, 0.05) is 44.5 Å². The summed E-state index contributed by atoms with van der Waals surface area (Å²) < 4.78 is 11.1. The van der Waals surface area contributed by atoms with Gasteiger partial charge in [0.15, 0.2) is 0 Å². The lowest BCUT2D eigenvalue weighted by atomic mass is 9.94. The van der Waals surface area contributed by atoms with Crippen molar-refractivity contribution >= 4 is 5.82 Å². The van der Waals surface area contributed by atoms with Crippen LogP contribution in [0.2, 0.25) is 0 Å². The molecule has 3 heterocycles. The molecule has 25 heavy (non-hydrogen) atoms. The molecule has 2 aliphatic heterocycles. The predicted octanol–water partition coefficient (Wildman–Crippen LogP) is 1.16. The number of hydrogen-bond donors (Lipinski definition) is 2. The SMILES string of the molecule is c1cc(N2CCOCC2)ncc1CNC1CCCC1C1COCCN1. The smallest absolute Gasteiger partial charge is 0.128 e. The summed E-state index contributed by atoms with van der Waals surface area (Å²) in [6.45, 7) is 7.06. The van der Waals surface area contributed by atoms with Gasteiger partial charge in [-0.15, -0.1) is 0 Å². The number of anilines is 1. The van der Waals surface area contributed by atoms with Crippen LogP contribution in [0.4, 0.5) is 5.82 Å². The van der Waals surface area contributed by atoms with Gasteiger partial charge < -0.3 is 25.0 Å². The van der Waals surface area contributed by atoms with Gasteiger partial charge in [0.1, 0.15) is 5.82 Å². The predicted molar refractivity (Wildman–Crippen MR) is 97.8 cm³/mol. The number of pyridine rings is 1. The van der Waals surface area contributed by atoms with Crippen LogP contribution in [-0.4, -0.2) is 63.1 Å². The van der Waals surface area contributed by atoms with E-state index >= 15 is 0 Å². The summed E-state index contributed by atoms with van der Waals surface area (Å²) in [5.41, 5.74) is 1.26. The highest BCUT2D eigenvalue weighted by atomic mass is 16.5. The highest BCUT2D eigenvalue weighted by molar-refractivity contribution is 5.39. The molecule has 3 unspecified atom stereocenters. The summed E-state index contributed by atoms with van der Waals surface area (Å²) in [5, 5.41) is 7.42. The molecule has 1 aromatic rings. The maximum atomic E-state index is 5.66. The van der Waals surface area contributed by atoms with Crippen molar-refractivity contribution in [2.75, 3.05) is 51.0 Å². The van der Waals surface area contributed by atoms with Crippen LogP contribution in [0.25, 0.3) is 0 Å². The lowest BCUT2D eigenvalue weighted by Gasteiger charge is -2.33. The number of nitrogens with one attached hydrogen (secondary N) is 2. The normalized spacial score (nSPS) is 30.6. The zero-order valence-corrected chi connectivity index (χ0v) is 15.0. The summed E-state index contributed by atoms with van der Waals surface area (Å²) in [6, 6.07) is 5.44. The van der Waals surface area contributed by atoms with E-state index in [4.69, 9.17) is 9.47 Å². The number of aromatic nitrogens is 1. The van der Waals surface area contributed by atoms with E-state index in [9.17, 15) is 0 Å². The van der Waals surface area contributed by atoms with Gasteiger partial charge >= 0.3 is 0 Å². The third kappa shape index (κ3) is 4.31. The summed E-state index contributed by atoms with van der Waals surface area (Å²) in [6.07, 6.45) is 5.90. The van der Waals surface area contributed by atoms with Crippen LogP contribution in [-0.2, 0) is 16.0 Å². The molecule has 0 amide bonds. The van der Waals surface area contributed by atoms with E-state index in [0.29, 0.717) is 18.0 Å². The van der Waals surface area contributed by atoms with Gasteiger partial charge in [0.05, 0.1) is 26.4 Å². The molecule has 0 radical (unpaired) electrons. The monoisotopic (exact) mass is 346 g/mol. The highest BCUT2D eigenvalue weighted by Crippen LogP contribution is 2.29. The Balaban J connectivity index is 1.29. The Hall–Kier alpha value is -1.21. The Morgan fingerprint density at radius 2 is 2.08 bits per heavy atom. The Morgan fingerprint density at radius 3 is 2.84 bits per heavy atom. The van der Waals surface area contributed by atoms with Crippen LogP contribution in [0.5, 0.6) is 0 Å². The van der Waals surface area contributed by atoms with Crippen LogP contribution in [0, 0.1) is 5.92 Å². The average molecular weight is 346 g/mol. The maximum Gasteiger partial charge on any atom is 0.128 e. The summed E-state index contributed by atoms with van der Waals surface area (Å²) in [7, 11) is 0. The molecule has 3 fully saturated rings. The Bertz CT molecular complexity index is 527. The van der Waals surface area contributed by atoms with Crippen molar-refractivity contribution in [1.82, 2.24) is 15.6 Å². The van der Waals surface area contributed by atoms with Gasteiger partial charge in [-0.2, -0.15) is 0 Å². The second-order valence-electron chi connectivity index (χ2n) is 7.34. The molecular formula is C19H30N4O2. The van der Waals surface area contributed by atoms with Crippen molar-refractivity contribution in [3.8, 4) is 0 Å². The Labute approximate surface area is 150 Å². The summed E-state index contributed by atoms with van der Waals surface area (Å²) >= 11 is 0. The van der Waals surface area contributed by atoms with Gasteiger partial charge in [0.25, 0.3) is 0 Å². The van der Waals surface area contributed by atoms with Crippen LogP contribution < -0.4 is 15.5 Å². The number of morpholine rings is 2. The molecule has 6 nitrogen and oxygen atoms in total. The third-order valence-corrected chi connectivity index (χ3v) is 5.75. The lowest BCUT2D eigenvalue weighted by Crippen LogP contribution is -2.50. The van der Waals surface area contributed by atoms with Crippen molar-refractivity contribution in [3.05, 3.63) is 23.9 Å². The van der Waals surface area contributed by atoms with E-state index in [-0.39, 0.29) is 0 Å². The van der Waals surface area contributed by atoms with Gasteiger partial charge in [-0.05, 0) is 30.4 Å².